The normalized spacial score (nSPS) is 22.7. The summed E-state index contributed by atoms with van der Waals surface area (Å²) < 4.78 is 5.84. The Morgan fingerprint density at radius 3 is 2.42 bits per heavy atom. The van der Waals surface area contributed by atoms with Crippen LogP contribution in [-0.2, 0) is 9.59 Å². The lowest BCUT2D eigenvalue weighted by atomic mass is 9.78. The number of ether oxygens (including phenoxy) is 1. The highest BCUT2D eigenvalue weighted by Crippen LogP contribution is 2.36. The van der Waals surface area contributed by atoms with Gasteiger partial charge in [0.05, 0.1) is 12.7 Å². The van der Waals surface area contributed by atoms with Gasteiger partial charge in [0.1, 0.15) is 17.3 Å². The average molecular weight is 557 g/mol. The summed E-state index contributed by atoms with van der Waals surface area (Å²) in [4.78, 5) is 43.3. The second-order valence-corrected chi connectivity index (χ2v) is 11.7. The number of carbonyl (C=O) groups excluding carboxylic acids is 3. The van der Waals surface area contributed by atoms with E-state index in [-0.39, 0.29) is 23.6 Å². The molecule has 222 valence electrons. The van der Waals surface area contributed by atoms with Gasteiger partial charge in [-0.3, -0.25) is 14.4 Å². The Morgan fingerprint density at radius 1 is 1.07 bits per heavy atom. The molecule has 2 heterocycles. The van der Waals surface area contributed by atoms with Crippen molar-refractivity contribution >= 4 is 17.7 Å². The van der Waals surface area contributed by atoms with Crippen LogP contribution in [0.25, 0.3) is 0 Å². The standard InChI is InChI=1S/C31H48N4O5/c1-3-4-19-35-29(38)26(27(36)23-10-6-5-7-11-23)33-30(39)31(35)16-20-34(21-17-31)18-8-9-22-40-25-14-12-24(13-15-25)28(37)32-2/h12-15,23,26-27,36H,3-11,16-22H2,1-2H3,(H,32,37)(H,33,39)/t26-,27?/m1/s1. The van der Waals surface area contributed by atoms with E-state index in [0.29, 0.717) is 31.6 Å². The lowest BCUT2D eigenvalue weighted by molar-refractivity contribution is -0.165. The number of unbranched alkanes of at least 4 members (excludes halogenated alkanes) is 2. The van der Waals surface area contributed by atoms with Crippen LogP contribution in [0.15, 0.2) is 24.3 Å². The minimum atomic E-state index is -0.823. The summed E-state index contributed by atoms with van der Waals surface area (Å²) in [7, 11) is 1.61. The number of rotatable bonds is 12. The van der Waals surface area contributed by atoms with Crippen LogP contribution in [-0.4, -0.2) is 90.1 Å². The van der Waals surface area contributed by atoms with Gasteiger partial charge in [-0.1, -0.05) is 32.6 Å². The zero-order valence-corrected chi connectivity index (χ0v) is 24.3. The van der Waals surface area contributed by atoms with Gasteiger partial charge in [-0.25, -0.2) is 0 Å². The molecule has 9 nitrogen and oxygen atoms in total. The minimum absolute atomic E-state index is 0.0813. The number of carbonyl (C=O) groups is 3. The number of aliphatic hydroxyl groups is 1. The number of aliphatic hydroxyl groups excluding tert-OH is 1. The fourth-order valence-electron chi connectivity index (χ4n) is 6.58. The molecule has 4 rings (SSSR count). The number of hydrogen-bond acceptors (Lipinski definition) is 6. The van der Waals surface area contributed by atoms with Gasteiger partial charge in [0, 0.05) is 32.2 Å². The molecule has 1 aromatic carbocycles. The number of hydrogen-bond donors (Lipinski definition) is 3. The van der Waals surface area contributed by atoms with Gasteiger partial charge in [-0.2, -0.15) is 0 Å². The van der Waals surface area contributed by atoms with E-state index >= 15 is 0 Å². The number of piperazine rings is 1. The van der Waals surface area contributed by atoms with Gasteiger partial charge in [0.2, 0.25) is 11.8 Å². The Hall–Kier alpha value is -2.65. The first-order chi connectivity index (χ1) is 19.4. The molecule has 0 bridgehead atoms. The molecule has 9 heteroatoms. The van der Waals surface area contributed by atoms with Crippen LogP contribution in [0, 0.1) is 5.92 Å². The number of piperidine rings is 1. The van der Waals surface area contributed by atoms with E-state index in [0.717, 1.165) is 76.8 Å². The Kier molecular flexibility index (Phi) is 10.8. The summed E-state index contributed by atoms with van der Waals surface area (Å²) in [6.07, 6.45) is 9.29. The first kappa shape index (κ1) is 30.3. The van der Waals surface area contributed by atoms with Gasteiger partial charge in [-0.05, 0) is 81.7 Å². The number of amides is 3. The van der Waals surface area contributed by atoms with Crippen LogP contribution >= 0.6 is 0 Å². The summed E-state index contributed by atoms with van der Waals surface area (Å²) in [6, 6.07) is 6.32. The molecular formula is C31H48N4O5. The van der Waals surface area contributed by atoms with Crippen LogP contribution in [0.2, 0.25) is 0 Å². The van der Waals surface area contributed by atoms with E-state index in [1.807, 2.05) is 17.0 Å². The van der Waals surface area contributed by atoms with E-state index in [9.17, 15) is 19.5 Å². The van der Waals surface area contributed by atoms with Gasteiger partial charge in [-0.15, -0.1) is 0 Å². The SMILES string of the molecule is CCCCN1C(=O)[C@@H](C(O)C2CCCCC2)NC(=O)C12CCN(CCCCOc1ccc(C(=O)NC)cc1)CC2. The summed E-state index contributed by atoms with van der Waals surface area (Å²) in [6.45, 7) is 5.72. The first-order valence-corrected chi connectivity index (χ1v) is 15.4. The van der Waals surface area contributed by atoms with Crippen LogP contribution < -0.4 is 15.4 Å². The quantitative estimate of drug-likeness (QED) is 0.341. The number of nitrogens with one attached hydrogen (secondary N) is 2. The molecule has 0 aromatic heterocycles. The smallest absolute Gasteiger partial charge is 0.251 e. The molecule has 2 aliphatic heterocycles. The van der Waals surface area contributed by atoms with Crippen molar-refractivity contribution in [2.45, 2.75) is 95.2 Å². The highest BCUT2D eigenvalue weighted by Gasteiger charge is 2.55. The zero-order chi connectivity index (χ0) is 28.5. The van der Waals surface area contributed by atoms with Crippen molar-refractivity contribution in [3.05, 3.63) is 29.8 Å². The Labute approximate surface area is 239 Å². The van der Waals surface area contributed by atoms with Crippen LogP contribution in [0.3, 0.4) is 0 Å². The van der Waals surface area contributed by atoms with E-state index in [2.05, 4.69) is 22.5 Å². The van der Waals surface area contributed by atoms with Crippen molar-refractivity contribution in [3.8, 4) is 5.75 Å². The minimum Gasteiger partial charge on any atom is -0.494 e. The van der Waals surface area contributed by atoms with Gasteiger partial charge in [0.25, 0.3) is 5.91 Å². The highest BCUT2D eigenvalue weighted by atomic mass is 16.5. The van der Waals surface area contributed by atoms with Crippen LogP contribution in [0.1, 0.15) is 87.9 Å². The Morgan fingerprint density at radius 2 is 1.77 bits per heavy atom. The van der Waals surface area contributed by atoms with Crippen LogP contribution in [0.4, 0.5) is 0 Å². The van der Waals surface area contributed by atoms with Crippen LogP contribution in [0.5, 0.6) is 5.75 Å². The van der Waals surface area contributed by atoms with Gasteiger partial charge in [0.15, 0.2) is 0 Å². The van der Waals surface area contributed by atoms with E-state index in [1.165, 1.54) is 6.42 Å². The Bertz CT molecular complexity index is 986. The van der Waals surface area contributed by atoms with Crippen molar-refractivity contribution in [1.82, 2.24) is 20.4 Å². The van der Waals surface area contributed by atoms with Gasteiger partial charge >= 0.3 is 0 Å². The molecule has 1 aliphatic carbocycles. The zero-order valence-electron chi connectivity index (χ0n) is 24.3. The summed E-state index contributed by atoms with van der Waals surface area (Å²) in [5.74, 6) is 0.534. The topological polar surface area (TPSA) is 111 Å². The summed E-state index contributed by atoms with van der Waals surface area (Å²) >= 11 is 0. The molecule has 3 N–H and O–H groups in total. The third-order valence-corrected chi connectivity index (χ3v) is 9.13. The number of benzene rings is 1. The molecule has 1 spiro atoms. The predicted molar refractivity (Wildman–Crippen MR) is 154 cm³/mol. The average Bonchev–Trinajstić information content (AvgIpc) is 2.99. The molecule has 1 unspecified atom stereocenters. The summed E-state index contributed by atoms with van der Waals surface area (Å²) in [5.41, 5.74) is -0.203. The van der Waals surface area contributed by atoms with E-state index < -0.39 is 17.7 Å². The maximum Gasteiger partial charge on any atom is 0.251 e. The molecule has 2 atom stereocenters. The fourth-order valence-corrected chi connectivity index (χ4v) is 6.58. The molecule has 1 aromatic rings. The van der Waals surface area contributed by atoms with Crippen molar-refractivity contribution in [1.29, 1.82) is 0 Å². The molecule has 0 radical (unpaired) electrons. The third kappa shape index (κ3) is 6.97. The largest absolute Gasteiger partial charge is 0.494 e. The lowest BCUT2D eigenvalue weighted by Crippen LogP contribution is -2.75. The number of likely N-dealkylation sites (tertiary alicyclic amines) is 1. The van der Waals surface area contributed by atoms with Crippen molar-refractivity contribution < 1.29 is 24.2 Å². The number of nitrogens with zero attached hydrogens (tertiary/aromatic N) is 2. The molecule has 3 amide bonds. The predicted octanol–water partition coefficient (Wildman–Crippen LogP) is 3.11. The highest BCUT2D eigenvalue weighted by molar-refractivity contribution is 6.00. The van der Waals surface area contributed by atoms with Crippen molar-refractivity contribution in [3.63, 3.8) is 0 Å². The first-order valence-electron chi connectivity index (χ1n) is 15.4. The van der Waals surface area contributed by atoms with Crippen molar-refractivity contribution in [2.75, 3.05) is 39.8 Å². The second kappa shape index (κ2) is 14.3. The third-order valence-electron chi connectivity index (χ3n) is 9.13. The second-order valence-electron chi connectivity index (χ2n) is 11.7. The molecule has 2 saturated heterocycles. The Balaban J connectivity index is 1.26. The molecular weight excluding hydrogens is 508 g/mol. The summed E-state index contributed by atoms with van der Waals surface area (Å²) in [5, 5.41) is 16.7. The maximum absolute atomic E-state index is 13.7. The molecule has 3 aliphatic rings. The van der Waals surface area contributed by atoms with Crippen molar-refractivity contribution in [2.24, 2.45) is 5.92 Å². The fraction of sp³-hybridized carbons (Fsp3) is 0.710. The van der Waals surface area contributed by atoms with E-state index in [1.54, 1.807) is 19.2 Å². The maximum atomic E-state index is 13.7. The van der Waals surface area contributed by atoms with Gasteiger partial charge < -0.3 is 30.3 Å². The molecule has 1 saturated carbocycles. The molecule has 40 heavy (non-hydrogen) atoms. The van der Waals surface area contributed by atoms with E-state index in [4.69, 9.17) is 4.74 Å². The lowest BCUT2D eigenvalue weighted by Gasteiger charge is -2.52. The monoisotopic (exact) mass is 556 g/mol. The molecule has 3 fully saturated rings.